The first-order valence-electron chi connectivity index (χ1n) is 11.1. The van der Waals surface area contributed by atoms with Crippen molar-refractivity contribution in [1.82, 2.24) is 14.0 Å². The van der Waals surface area contributed by atoms with Crippen LogP contribution < -0.4 is 5.69 Å². The minimum Gasteiger partial charge on any atom is -0.330 e. The lowest BCUT2D eigenvalue weighted by atomic mass is 10.0. The number of hydrogen-bond acceptors (Lipinski definition) is 5. The molecule has 0 amide bonds. The highest BCUT2D eigenvalue weighted by atomic mass is 16.2. The Kier molecular flexibility index (Phi) is 5.38. The summed E-state index contributed by atoms with van der Waals surface area (Å²) < 4.78 is 3.31. The van der Waals surface area contributed by atoms with Crippen LogP contribution in [0.5, 0.6) is 0 Å². The Morgan fingerprint density at radius 1 is 1.09 bits per heavy atom. The number of aromatic nitrogens is 2. The number of carbonyl (C=O) groups excluding carboxylic acids is 1. The van der Waals surface area contributed by atoms with Crippen molar-refractivity contribution < 1.29 is 4.79 Å². The van der Waals surface area contributed by atoms with Gasteiger partial charge in [0.2, 0.25) is 5.78 Å². The maximum Gasteiger partial charge on any atom is 0.334 e. The van der Waals surface area contributed by atoms with Crippen LogP contribution in [-0.4, -0.2) is 45.5 Å². The standard InChI is InChI=1S/C26H25N5O2/c1-3-30-22-11-7-8-16-27-24(22)31(26(30)33)20-14-12-18(13-15-20)23(32)25-28-17-19-9-5-4-6-10-21(19)29(25)2/h4-7,9,11-16H,3,8,10,17H2,1-2H3. The fraction of sp³-hybridized carbons (Fsp3) is 0.231. The van der Waals surface area contributed by atoms with Gasteiger partial charge in [0.05, 0.1) is 17.9 Å². The lowest BCUT2D eigenvalue weighted by Crippen LogP contribution is -2.36. The number of nitrogens with zero attached hydrogens (tertiary/aromatic N) is 5. The highest BCUT2D eigenvalue weighted by Gasteiger charge is 2.26. The molecule has 0 saturated carbocycles. The summed E-state index contributed by atoms with van der Waals surface area (Å²) in [4.78, 5) is 37.3. The lowest BCUT2D eigenvalue weighted by Gasteiger charge is -2.28. The summed E-state index contributed by atoms with van der Waals surface area (Å²) in [5.74, 6) is 0.911. The van der Waals surface area contributed by atoms with E-state index in [0.717, 1.165) is 29.8 Å². The van der Waals surface area contributed by atoms with Crippen molar-refractivity contribution in [2.45, 2.75) is 26.3 Å². The van der Waals surface area contributed by atoms with Crippen molar-refractivity contribution in [2.24, 2.45) is 9.98 Å². The maximum absolute atomic E-state index is 13.3. The van der Waals surface area contributed by atoms with Gasteiger partial charge in [0.25, 0.3) is 0 Å². The van der Waals surface area contributed by atoms with E-state index in [1.165, 1.54) is 0 Å². The molecule has 7 heteroatoms. The van der Waals surface area contributed by atoms with Gasteiger partial charge in [0.1, 0.15) is 0 Å². The Bertz CT molecular complexity index is 1360. The van der Waals surface area contributed by atoms with Gasteiger partial charge in [0, 0.05) is 43.9 Å². The van der Waals surface area contributed by atoms with Gasteiger partial charge in [-0.25, -0.2) is 14.4 Å². The summed E-state index contributed by atoms with van der Waals surface area (Å²) in [6.07, 6.45) is 15.4. The molecule has 0 saturated heterocycles. The molecule has 0 spiro atoms. The third kappa shape index (κ3) is 3.55. The number of carbonyl (C=O) groups is 1. The van der Waals surface area contributed by atoms with Crippen LogP contribution in [0.2, 0.25) is 0 Å². The molecule has 1 aliphatic carbocycles. The smallest absolute Gasteiger partial charge is 0.330 e. The van der Waals surface area contributed by atoms with Crippen molar-refractivity contribution in [3.63, 3.8) is 0 Å². The van der Waals surface area contributed by atoms with E-state index in [1.807, 2.05) is 43.2 Å². The predicted molar refractivity (Wildman–Crippen MR) is 132 cm³/mol. The molecule has 166 valence electrons. The fourth-order valence-corrected chi connectivity index (χ4v) is 4.42. The van der Waals surface area contributed by atoms with Gasteiger partial charge in [-0.1, -0.05) is 30.4 Å². The van der Waals surface area contributed by atoms with E-state index in [1.54, 1.807) is 39.6 Å². The first-order valence-corrected chi connectivity index (χ1v) is 11.1. The molecule has 7 nitrogen and oxygen atoms in total. The quantitative estimate of drug-likeness (QED) is 0.674. The number of allylic oxidation sites excluding steroid dienone is 4. The van der Waals surface area contributed by atoms with Gasteiger partial charge < -0.3 is 4.90 Å². The van der Waals surface area contributed by atoms with E-state index in [9.17, 15) is 9.59 Å². The summed E-state index contributed by atoms with van der Waals surface area (Å²) in [7, 11) is 1.89. The van der Waals surface area contributed by atoms with Crippen molar-refractivity contribution in [3.05, 3.63) is 87.7 Å². The van der Waals surface area contributed by atoms with Crippen LogP contribution in [0.25, 0.3) is 11.8 Å². The molecule has 0 atom stereocenters. The largest absolute Gasteiger partial charge is 0.334 e. The van der Waals surface area contributed by atoms with E-state index >= 15 is 0 Å². The van der Waals surface area contributed by atoms with Crippen LogP contribution in [0, 0.1) is 0 Å². The van der Waals surface area contributed by atoms with Crippen molar-refractivity contribution in [3.8, 4) is 5.69 Å². The highest BCUT2D eigenvalue weighted by molar-refractivity contribution is 6.45. The fourth-order valence-electron chi connectivity index (χ4n) is 4.42. The Morgan fingerprint density at radius 3 is 2.70 bits per heavy atom. The lowest BCUT2D eigenvalue weighted by molar-refractivity contribution is 0.105. The molecule has 0 bridgehead atoms. The second kappa shape index (κ2) is 8.50. The van der Waals surface area contributed by atoms with E-state index < -0.39 is 0 Å². The van der Waals surface area contributed by atoms with Crippen LogP contribution in [0.3, 0.4) is 0 Å². The van der Waals surface area contributed by atoms with Gasteiger partial charge in [-0.2, -0.15) is 0 Å². The summed E-state index contributed by atoms with van der Waals surface area (Å²) in [5, 5.41) is 0. The number of benzene rings is 1. The molecule has 0 N–H and O–H groups in total. The average molecular weight is 440 g/mol. The van der Waals surface area contributed by atoms with E-state index in [-0.39, 0.29) is 11.5 Å². The number of imidazole rings is 1. The number of hydrogen-bond donors (Lipinski definition) is 0. The number of likely N-dealkylation sites (N-methyl/N-ethyl adjacent to an activating group) is 1. The molecule has 0 radical (unpaired) electrons. The monoisotopic (exact) mass is 439 g/mol. The van der Waals surface area contributed by atoms with E-state index in [0.29, 0.717) is 36.0 Å². The zero-order valence-corrected chi connectivity index (χ0v) is 18.7. The van der Waals surface area contributed by atoms with Crippen molar-refractivity contribution >= 4 is 29.7 Å². The summed E-state index contributed by atoms with van der Waals surface area (Å²) in [5.41, 5.74) is 4.09. The Labute approximate surface area is 192 Å². The van der Waals surface area contributed by atoms with Crippen molar-refractivity contribution in [2.75, 3.05) is 13.6 Å². The maximum atomic E-state index is 13.3. The number of fused-ring (bicyclic) bond motifs is 1. The molecule has 1 aromatic carbocycles. The number of rotatable bonds is 4. The minimum atomic E-state index is -0.143. The van der Waals surface area contributed by atoms with Crippen LogP contribution in [0.1, 0.15) is 35.8 Å². The number of Topliss-reactive ketones (excluding diaryl/α,β-unsaturated/α-hetero) is 1. The zero-order chi connectivity index (χ0) is 22.9. The number of amidine groups is 1. The predicted octanol–water partition coefficient (Wildman–Crippen LogP) is 4.07. The summed E-state index contributed by atoms with van der Waals surface area (Å²) in [6.45, 7) is 2.99. The van der Waals surface area contributed by atoms with Gasteiger partial charge in [-0.05, 0) is 42.8 Å². The Hall–Kier alpha value is -4.00. The topological polar surface area (TPSA) is 72.0 Å². The molecule has 3 heterocycles. The molecule has 3 aliphatic rings. The average Bonchev–Trinajstić information content (AvgIpc) is 3.07. The second-order valence-corrected chi connectivity index (χ2v) is 8.06. The molecule has 33 heavy (non-hydrogen) atoms. The number of aliphatic imine (C=N–C) groups is 2. The Morgan fingerprint density at radius 2 is 1.91 bits per heavy atom. The van der Waals surface area contributed by atoms with Gasteiger partial charge in [-0.15, -0.1) is 0 Å². The molecular weight excluding hydrogens is 414 g/mol. The molecule has 5 rings (SSSR count). The molecule has 0 unspecified atom stereocenters. The van der Waals surface area contributed by atoms with Crippen LogP contribution in [0.15, 0.2) is 80.7 Å². The summed E-state index contributed by atoms with van der Waals surface area (Å²) >= 11 is 0. The first-order chi connectivity index (χ1) is 16.1. The molecular formula is C26H25N5O2. The second-order valence-electron chi connectivity index (χ2n) is 8.06. The van der Waals surface area contributed by atoms with Gasteiger partial charge >= 0.3 is 5.69 Å². The molecule has 1 aromatic heterocycles. The number of ketones is 1. The molecule has 0 fully saturated rings. The Balaban J connectivity index is 1.47. The van der Waals surface area contributed by atoms with E-state index in [2.05, 4.69) is 22.1 Å². The first kappa shape index (κ1) is 20.9. The normalized spacial score (nSPS) is 16.9. The molecule has 2 aromatic rings. The van der Waals surface area contributed by atoms with Crippen LogP contribution in [-0.2, 0) is 6.54 Å². The summed E-state index contributed by atoms with van der Waals surface area (Å²) in [6, 6.07) is 7.10. The van der Waals surface area contributed by atoms with Gasteiger partial charge in [0.15, 0.2) is 11.7 Å². The van der Waals surface area contributed by atoms with E-state index in [4.69, 9.17) is 0 Å². The van der Waals surface area contributed by atoms with Crippen molar-refractivity contribution in [1.29, 1.82) is 0 Å². The molecule has 2 aliphatic heterocycles. The highest BCUT2D eigenvalue weighted by Crippen LogP contribution is 2.27. The van der Waals surface area contributed by atoms with Gasteiger partial charge in [-0.3, -0.25) is 14.4 Å². The third-order valence-corrected chi connectivity index (χ3v) is 6.14. The third-order valence-electron chi connectivity index (χ3n) is 6.14. The minimum absolute atomic E-state index is 0.133. The van der Waals surface area contributed by atoms with Crippen LogP contribution in [0.4, 0.5) is 5.82 Å². The van der Waals surface area contributed by atoms with Crippen LogP contribution >= 0.6 is 0 Å². The SMILES string of the molecule is CCn1c2c(n(-c3ccc(C(=O)C4=NCC5=C(CC=CC=C5)N4C)cc3)c1=O)N=CCC=C2. The zero-order valence-electron chi connectivity index (χ0n) is 18.7.